The Morgan fingerprint density at radius 3 is 2.60 bits per heavy atom. The number of likely N-dealkylation sites (N-methyl/N-ethyl adjacent to an activating group) is 1. The van der Waals surface area contributed by atoms with E-state index < -0.39 is 10.0 Å². The molecule has 5 nitrogen and oxygen atoms in total. The quantitative estimate of drug-likeness (QED) is 0.679. The van der Waals surface area contributed by atoms with Crippen molar-refractivity contribution in [3.05, 3.63) is 60.3 Å². The summed E-state index contributed by atoms with van der Waals surface area (Å²) in [6.45, 7) is 3.18. The van der Waals surface area contributed by atoms with Gasteiger partial charge in [0.15, 0.2) is 0 Å². The highest BCUT2D eigenvalue weighted by Gasteiger charge is 2.20. The van der Waals surface area contributed by atoms with Gasteiger partial charge in [-0.3, -0.25) is 0 Å². The fraction of sp³-hybridized carbons (Fsp3) is 0.263. The minimum Gasteiger partial charge on any atom is -0.492 e. The average molecular weight is 358 g/mol. The standard InChI is InChI=1S/C19H22N2O3S/c1-15-8-9-17(14-19(15)24-13-12-20(2)3)25(22,23)21-11-10-16-6-4-5-7-18(16)21/h4-11,14H,12-13H2,1-3H3. The molecule has 0 fully saturated rings. The number of benzene rings is 2. The molecule has 6 heteroatoms. The van der Waals surface area contributed by atoms with Gasteiger partial charge in [0.05, 0.1) is 10.4 Å². The second kappa shape index (κ2) is 6.90. The number of aryl methyl sites for hydroxylation is 1. The molecule has 0 aliphatic rings. The molecule has 0 N–H and O–H groups in total. The van der Waals surface area contributed by atoms with Gasteiger partial charge in [-0.2, -0.15) is 0 Å². The zero-order valence-electron chi connectivity index (χ0n) is 14.6. The van der Waals surface area contributed by atoms with E-state index in [0.29, 0.717) is 17.9 Å². The molecule has 0 radical (unpaired) electrons. The van der Waals surface area contributed by atoms with Gasteiger partial charge in [0, 0.05) is 24.2 Å². The lowest BCUT2D eigenvalue weighted by atomic mass is 10.2. The van der Waals surface area contributed by atoms with E-state index in [4.69, 9.17) is 4.74 Å². The van der Waals surface area contributed by atoms with E-state index in [1.54, 1.807) is 36.5 Å². The summed E-state index contributed by atoms with van der Waals surface area (Å²) in [4.78, 5) is 2.24. The lowest BCUT2D eigenvalue weighted by Gasteiger charge is -2.14. The van der Waals surface area contributed by atoms with E-state index in [0.717, 1.165) is 17.5 Å². The number of nitrogens with zero attached hydrogens (tertiary/aromatic N) is 2. The van der Waals surface area contributed by atoms with Crippen LogP contribution in [0.4, 0.5) is 0 Å². The van der Waals surface area contributed by atoms with Crippen LogP contribution in [0.15, 0.2) is 59.6 Å². The Hall–Kier alpha value is -2.31. The van der Waals surface area contributed by atoms with E-state index in [9.17, 15) is 8.42 Å². The smallest absolute Gasteiger partial charge is 0.268 e. The van der Waals surface area contributed by atoms with Crippen LogP contribution in [-0.4, -0.2) is 44.5 Å². The lowest BCUT2D eigenvalue weighted by molar-refractivity contribution is 0.259. The Morgan fingerprint density at radius 2 is 1.84 bits per heavy atom. The highest BCUT2D eigenvalue weighted by Crippen LogP contribution is 2.26. The van der Waals surface area contributed by atoms with Crippen molar-refractivity contribution in [1.82, 2.24) is 8.87 Å². The number of rotatable bonds is 6. The molecule has 0 unspecified atom stereocenters. The van der Waals surface area contributed by atoms with Crippen LogP contribution in [-0.2, 0) is 10.0 Å². The highest BCUT2D eigenvalue weighted by atomic mass is 32.2. The molecular formula is C19H22N2O3S. The maximum Gasteiger partial charge on any atom is 0.268 e. The molecule has 132 valence electrons. The fourth-order valence-corrected chi connectivity index (χ4v) is 3.98. The molecule has 0 spiro atoms. The topological polar surface area (TPSA) is 51.5 Å². The number of hydrogen-bond donors (Lipinski definition) is 0. The van der Waals surface area contributed by atoms with Crippen molar-refractivity contribution in [1.29, 1.82) is 0 Å². The Balaban J connectivity index is 1.97. The second-order valence-corrected chi connectivity index (χ2v) is 8.07. The third-order valence-electron chi connectivity index (χ3n) is 4.08. The zero-order valence-corrected chi connectivity index (χ0v) is 15.5. The minimum absolute atomic E-state index is 0.222. The molecule has 0 bridgehead atoms. The predicted octanol–water partition coefficient (Wildman–Crippen LogP) is 3.13. The molecule has 0 amide bonds. The third kappa shape index (κ3) is 3.55. The summed E-state index contributed by atoms with van der Waals surface area (Å²) in [6, 6.07) is 14.2. The Bertz CT molecular complexity index is 991. The molecule has 0 aliphatic carbocycles. The normalized spacial score (nSPS) is 12.0. The SMILES string of the molecule is Cc1ccc(S(=O)(=O)n2ccc3ccccc32)cc1OCCN(C)C. The van der Waals surface area contributed by atoms with Crippen molar-refractivity contribution >= 4 is 20.9 Å². The zero-order chi connectivity index (χ0) is 18.0. The van der Waals surface area contributed by atoms with Gasteiger partial charge in [-0.15, -0.1) is 0 Å². The van der Waals surface area contributed by atoms with E-state index in [2.05, 4.69) is 0 Å². The van der Waals surface area contributed by atoms with Crippen LogP contribution in [0.5, 0.6) is 5.75 Å². The molecular weight excluding hydrogens is 336 g/mol. The van der Waals surface area contributed by atoms with Crippen molar-refractivity contribution in [3.8, 4) is 5.75 Å². The van der Waals surface area contributed by atoms with E-state index in [1.807, 2.05) is 44.1 Å². The van der Waals surface area contributed by atoms with Gasteiger partial charge in [0.2, 0.25) is 0 Å². The first-order valence-electron chi connectivity index (χ1n) is 8.09. The summed E-state index contributed by atoms with van der Waals surface area (Å²) < 4.78 is 33.2. The molecule has 0 saturated heterocycles. The van der Waals surface area contributed by atoms with Crippen LogP contribution in [0.1, 0.15) is 5.56 Å². The van der Waals surface area contributed by atoms with Crippen molar-refractivity contribution in [2.75, 3.05) is 27.2 Å². The van der Waals surface area contributed by atoms with E-state index in [1.165, 1.54) is 3.97 Å². The summed E-state index contributed by atoms with van der Waals surface area (Å²) >= 11 is 0. The van der Waals surface area contributed by atoms with Crippen molar-refractivity contribution in [2.24, 2.45) is 0 Å². The summed E-state index contributed by atoms with van der Waals surface area (Å²) in [6.07, 6.45) is 1.59. The van der Waals surface area contributed by atoms with Gasteiger partial charge < -0.3 is 9.64 Å². The van der Waals surface area contributed by atoms with Gasteiger partial charge in [-0.1, -0.05) is 24.3 Å². The van der Waals surface area contributed by atoms with Gasteiger partial charge in [0.1, 0.15) is 12.4 Å². The lowest BCUT2D eigenvalue weighted by Crippen LogP contribution is -2.19. The Labute approximate surface area is 148 Å². The third-order valence-corrected chi connectivity index (χ3v) is 5.76. The average Bonchev–Trinajstić information content (AvgIpc) is 3.01. The van der Waals surface area contributed by atoms with Gasteiger partial charge >= 0.3 is 0 Å². The van der Waals surface area contributed by atoms with Gasteiger partial charge in [0.25, 0.3) is 10.0 Å². The number of aromatic nitrogens is 1. The Kier molecular flexibility index (Phi) is 4.83. The van der Waals surface area contributed by atoms with Gasteiger partial charge in [-0.25, -0.2) is 12.4 Å². The summed E-state index contributed by atoms with van der Waals surface area (Å²) in [5, 5.41) is 0.889. The van der Waals surface area contributed by atoms with Crippen molar-refractivity contribution in [2.45, 2.75) is 11.8 Å². The number of fused-ring (bicyclic) bond motifs is 1. The van der Waals surface area contributed by atoms with Crippen molar-refractivity contribution in [3.63, 3.8) is 0 Å². The van der Waals surface area contributed by atoms with Crippen LogP contribution < -0.4 is 4.74 Å². The summed E-state index contributed by atoms with van der Waals surface area (Å²) in [7, 11) is 0.256. The second-order valence-electron chi connectivity index (χ2n) is 6.25. The van der Waals surface area contributed by atoms with Crippen LogP contribution in [0.25, 0.3) is 10.9 Å². The maximum atomic E-state index is 13.1. The first-order valence-corrected chi connectivity index (χ1v) is 9.53. The van der Waals surface area contributed by atoms with E-state index >= 15 is 0 Å². The maximum absolute atomic E-state index is 13.1. The largest absolute Gasteiger partial charge is 0.492 e. The molecule has 1 heterocycles. The molecule has 0 atom stereocenters. The molecule has 2 aromatic carbocycles. The molecule has 0 saturated carbocycles. The molecule has 1 aromatic heterocycles. The fourth-order valence-electron chi connectivity index (χ4n) is 2.62. The first-order chi connectivity index (χ1) is 11.9. The number of para-hydroxylation sites is 1. The van der Waals surface area contributed by atoms with E-state index in [-0.39, 0.29) is 4.90 Å². The van der Waals surface area contributed by atoms with Crippen LogP contribution in [0.2, 0.25) is 0 Å². The molecule has 3 rings (SSSR count). The van der Waals surface area contributed by atoms with Gasteiger partial charge in [-0.05, 0) is 44.8 Å². The monoisotopic (exact) mass is 358 g/mol. The number of hydrogen-bond acceptors (Lipinski definition) is 4. The highest BCUT2D eigenvalue weighted by molar-refractivity contribution is 7.90. The van der Waals surface area contributed by atoms with Crippen molar-refractivity contribution < 1.29 is 13.2 Å². The summed E-state index contributed by atoms with van der Waals surface area (Å²) in [5.74, 6) is 0.597. The molecule has 25 heavy (non-hydrogen) atoms. The van der Waals surface area contributed by atoms with Crippen LogP contribution >= 0.6 is 0 Å². The Morgan fingerprint density at radius 1 is 1.08 bits per heavy atom. The molecule has 0 aliphatic heterocycles. The van der Waals surface area contributed by atoms with Crippen LogP contribution in [0.3, 0.4) is 0 Å². The first kappa shape index (κ1) is 17.5. The molecule has 3 aromatic rings. The predicted molar refractivity (Wildman–Crippen MR) is 99.7 cm³/mol. The minimum atomic E-state index is -3.68. The number of ether oxygens (including phenoxy) is 1. The summed E-state index contributed by atoms with van der Waals surface area (Å²) in [5.41, 5.74) is 1.58. The van der Waals surface area contributed by atoms with Crippen LogP contribution in [0, 0.1) is 6.92 Å².